The molecule has 1 spiro atoms. The van der Waals surface area contributed by atoms with E-state index in [2.05, 4.69) is 10.00 Å². The summed E-state index contributed by atoms with van der Waals surface area (Å²) in [6.07, 6.45) is -2.81. The van der Waals surface area contributed by atoms with Gasteiger partial charge in [-0.1, -0.05) is 0 Å². The second kappa shape index (κ2) is 6.70. The average Bonchev–Trinajstić information content (AvgIpc) is 2.92. The van der Waals surface area contributed by atoms with Gasteiger partial charge in [0.1, 0.15) is 6.61 Å². The van der Waals surface area contributed by atoms with Crippen LogP contribution in [0, 0.1) is 5.41 Å². The predicted octanol–water partition coefficient (Wildman–Crippen LogP) is 2.37. The Balaban J connectivity index is 1.50. The Morgan fingerprint density at radius 2 is 1.88 bits per heavy atom. The number of halogens is 3. The summed E-state index contributed by atoms with van der Waals surface area (Å²) in [5.41, 5.74) is -0.999. The van der Waals surface area contributed by atoms with Gasteiger partial charge < -0.3 is 4.74 Å². The largest absolute Gasteiger partial charge is 0.476 e. The van der Waals surface area contributed by atoms with Crippen molar-refractivity contribution in [2.45, 2.75) is 38.9 Å². The zero-order valence-corrected chi connectivity index (χ0v) is 15.7. The van der Waals surface area contributed by atoms with E-state index >= 15 is 0 Å². The molecule has 0 aliphatic carbocycles. The van der Waals surface area contributed by atoms with Crippen LogP contribution in [0.1, 0.15) is 38.4 Å². The molecule has 1 aromatic heterocycles. The first-order valence-electron chi connectivity index (χ1n) is 8.72. The van der Waals surface area contributed by atoms with Crippen molar-refractivity contribution >= 4 is 9.84 Å². The van der Waals surface area contributed by atoms with Gasteiger partial charge in [0.2, 0.25) is 5.88 Å². The fourth-order valence-corrected chi connectivity index (χ4v) is 6.06. The molecule has 0 saturated carbocycles. The smallest absolute Gasteiger partial charge is 0.435 e. The topological polar surface area (TPSA) is 64.4 Å². The van der Waals surface area contributed by atoms with Gasteiger partial charge in [0.15, 0.2) is 15.5 Å². The molecule has 0 radical (unpaired) electrons. The van der Waals surface area contributed by atoms with Crippen LogP contribution in [-0.2, 0) is 16.0 Å². The molecular weight excluding hydrogens is 371 g/mol. The zero-order valence-electron chi connectivity index (χ0n) is 14.9. The molecule has 0 amide bonds. The number of piperidine rings is 1. The molecule has 2 fully saturated rings. The number of likely N-dealkylation sites (tertiary alicyclic amines) is 1. The van der Waals surface area contributed by atoms with Crippen molar-refractivity contribution in [2.24, 2.45) is 5.41 Å². The van der Waals surface area contributed by atoms with Gasteiger partial charge in [-0.15, -0.1) is 0 Å². The molecule has 2 aliphatic heterocycles. The molecule has 2 aliphatic rings. The van der Waals surface area contributed by atoms with Crippen molar-refractivity contribution in [3.05, 3.63) is 11.8 Å². The Bertz CT molecular complexity index is 737. The van der Waals surface area contributed by atoms with E-state index in [0.29, 0.717) is 6.54 Å². The normalized spacial score (nSPS) is 22.5. The van der Waals surface area contributed by atoms with E-state index < -0.39 is 21.7 Å². The van der Waals surface area contributed by atoms with E-state index in [4.69, 9.17) is 4.74 Å². The maximum Gasteiger partial charge on any atom is 0.435 e. The van der Waals surface area contributed by atoms with Gasteiger partial charge in [-0.2, -0.15) is 18.3 Å². The molecule has 10 heteroatoms. The maximum atomic E-state index is 12.8. The fourth-order valence-electron chi connectivity index (χ4n) is 3.70. The van der Waals surface area contributed by atoms with E-state index in [1.54, 1.807) is 13.8 Å². The van der Waals surface area contributed by atoms with Crippen molar-refractivity contribution in [3.63, 3.8) is 0 Å². The van der Waals surface area contributed by atoms with E-state index in [-0.39, 0.29) is 35.4 Å². The van der Waals surface area contributed by atoms with E-state index in [1.807, 2.05) is 0 Å². The van der Waals surface area contributed by atoms with Gasteiger partial charge in [0.05, 0.1) is 17.5 Å². The summed E-state index contributed by atoms with van der Waals surface area (Å²) in [6, 6.07) is 0.696. The number of sulfone groups is 1. The van der Waals surface area contributed by atoms with Crippen LogP contribution >= 0.6 is 0 Å². The van der Waals surface area contributed by atoms with E-state index in [9.17, 15) is 21.6 Å². The van der Waals surface area contributed by atoms with Crippen LogP contribution in [0.3, 0.4) is 0 Å². The zero-order chi connectivity index (χ0) is 19.2. The van der Waals surface area contributed by atoms with Crippen molar-refractivity contribution in [2.75, 3.05) is 37.7 Å². The van der Waals surface area contributed by atoms with E-state index in [1.165, 1.54) is 4.68 Å². The summed E-state index contributed by atoms with van der Waals surface area (Å²) >= 11 is 0. The number of rotatable bonds is 5. The van der Waals surface area contributed by atoms with Crippen LogP contribution in [0.4, 0.5) is 13.2 Å². The summed E-state index contributed by atoms with van der Waals surface area (Å²) in [5.74, 6) is 0.696. The second-order valence-corrected chi connectivity index (χ2v) is 9.69. The minimum absolute atomic E-state index is 0.0476. The highest BCUT2D eigenvalue weighted by atomic mass is 32.2. The molecule has 26 heavy (non-hydrogen) atoms. The second-order valence-electron chi connectivity index (χ2n) is 7.63. The third kappa shape index (κ3) is 4.16. The summed E-state index contributed by atoms with van der Waals surface area (Å²) in [7, 11) is -2.83. The van der Waals surface area contributed by atoms with Gasteiger partial charge >= 0.3 is 6.18 Å². The molecule has 1 aromatic rings. The fraction of sp³-hybridized carbons (Fsp3) is 0.812. The standard InChI is InChI=1S/C16H24F3N3O3S/c1-12(2)22-14(9-13(20-22)16(17,18)19)25-8-7-21-5-3-15(4-6-21)10-26(23,24)11-15/h9,12H,3-8,10-11H2,1-2H3. The molecule has 2 saturated heterocycles. The third-order valence-corrected chi connectivity index (χ3v) is 7.21. The monoisotopic (exact) mass is 395 g/mol. The Labute approximate surface area is 151 Å². The van der Waals surface area contributed by atoms with Crippen molar-refractivity contribution < 1.29 is 26.3 Å². The number of hydrogen-bond donors (Lipinski definition) is 0. The van der Waals surface area contributed by atoms with Crippen LogP contribution in [0.25, 0.3) is 0 Å². The molecule has 0 bridgehead atoms. The molecule has 3 heterocycles. The summed E-state index contributed by atoms with van der Waals surface area (Å²) in [6.45, 7) is 5.92. The molecular formula is C16H24F3N3O3S. The molecule has 3 rings (SSSR count). The molecule has 0 N–H and O–H groups in total. The van der Waals surface area contributed by atoms with Crippen molar-refractivity contribution in [3.8, 4) is 5.88 Å². The van der Waals surface area contributed by atoms with Crippen LogP contribution < -0.4 is 4.74 Å². The molecule has 148 valence electrons. The minimum atomic E-state index is -4.50. The third-order valence-electron chi connectivity index (χ3n) is 5.11. The quantitative estimate of drug-likeness (QED) is 0.766. The lowest BCUT2D eigenvalue weighted by Gasteiger charge is -2.47. The van der Waals surface area contributed by atoms with Crippen LogP contribution in [0.2, 0.25) is 0 Å². The van der Waals surface area contributed by atoms with Crippen LogP contribution in [0.5, 0.6) is 5.88 Å². The summed E-state index contributed by atoms with van der Waals surface area (Å²) in [5, 5.41) is 3.59. The average molecular weight is 395 g/mol. The van der Waals surface area contributed by atoms with Gasteiger partial charge in [-0.3, -0.25) is 4.90 Å². The first-order chi connectivity index (χ1) is 12.0. The van der Waals surface area contributed by atoms with Crippen molar-refractivity contribution in [1.29, 1.82) is 0 Å². The van der Waals surface area contributed by atoms with Crippen molar-refractivity contribution in [1.82, 2.24) is 14.7 Å². The van der Waals surface area contributed by atoms with Gasteiger partial charge in [-0.05, 0) is 39.8 Å². The summed E-state index contributed by atoms with van der Waals surface area (Å²) in [4.78, 5) is 2.16. The first kappa shape index (κ1) is 19.5. The summed E-state index contributed by atoms with van der Waals surface area (Å²) < 4.78 is 68.1. The predicted molar refractivity (Wildman–Crippen MR) is 89.9 cm³/mol. The lowest BCUT2D eigenvalue weighted by molar-refractivity contribution is -0.141. The highest BCUT2D eigenvalue weighted by molar-refractivity contribution is 7.92. The van der Waals surface area contributed by atoms with E-state index in [0.717, 1.165) is 32.0 Å². The number of nitrogens with zero attached hydrogens (tertiary/aromatic N) is 3. The lowest BCUT2D eigenvalue weighted by Crippen LogP contribution is -2.54. The van der Waals surface area contributed by atoms with Gasteiger partial charge in [0.25, 0.3) is 0 Å². The van der Waals surface area contributed by atoms with Crippen LogP contribution in [-0.4, -0.2) is 60.8 Å². The highest BCUT2D eigenvalue weighted by Crippen LogP contribution is 2.42. The van der Waals surface area contributed by atoms with Gasteiger partial charge in [-0.25, -0.2) is 13.1 Å². The lowest BCUT2D eigenvalue weighted by atomic mass is 9.81. The molecule has 0 atom stereocenters. The SMILES string of the molecule is CC(C)n1nc(C(F)(F)F)cc1OCCN1CCC2(CC1)CS(=O)(=O)C2. The molecule has 0 unspecified atom stereocenters. The highest BCUT2D eigenvalue weighted by Gasteiger charge is 2.49. The Hall–Kier alpha value is -1.29. The molecule has 6 nitrogen and oxygen atoms in total. The number of hydrogen-bond acceptors (Lipinski definition) is 5. The number of aromatic nitrogens is 2. The first-order valence-corrected chi connectivity index (χ1v) is 10.5. The Kier molecular flexibility index (Phi) is 5.02. The minimum Gasteiger partial charge on any atom is -0.476 e. The maximum absolute atomic E-state index is 12.8. The number of ether oxygens (including phenoxy) is 1. The molecule has 0 aromatic carbocycles. The Morgan fingerprint density at radius 1 is 1.27 bits per heavy atom. The Morgan fingerprint density at radius 3 is 2.38 bits per heavy atom. The number of alkyl halides is 3. The van der Waals surface area contributed by atoms with Gasteiger partial charge in [0, 0.05) is 18.0 Å². The van der Waals surface area contributed by atoms with Crippen LogP contribution in [0.15, 0.2) is 6.07 Å².